The zero-order chi connectivity index (χ0) is 17.4. The molecular formula is C19H24N2O2. The Morgan fingerprint density at radius 1 is 1.13 bits per heavy atom. The van der Waals surface area contributed by atoms with Crippen molar-refractivity contribution in [1.82, 2.24) is 4.98 Å². The van der Waals surface area contributed by atoms with Gasteiger partial charge in [0, 0.05) is 30.8 Å². The van der Waals surface area contributed by atoms with E-state index < -0.39 is 5.97 Å². The first-order chi connectivity index (χ1) is 10.6. The van der Waals surface area contributed by atoms with E-state index in [4.69, 9.17) is 0 Å². The van der Waals surface area contributed by atoms with Crippen LogP contribution in [0.25, 0.3) is 11.1 Å². The maximum atomic E-state index is 11.9. The molecule has 0 bridgehead atoms. The Labute approximate surface area is 137 Å². The smallest absolute Gasteiger partial charge is 0.340 e. The van der Waals surface area contributed by atoms with Crippen LogP contribution in [0.3, 0.4) is 0 Å². The number of anilines is 1. The topological polar surface area (TPSA) is 53.4 Å². The molecule has 2 aromatic rings. The molecule has 0 radical (unpaired) electrons. The van der Waals surface area contributed by atoms with Crippen molar-refractivity contribution in [3.63, 3.8) is 0 Å². The van der Waals surface area contributed by atoms with Gasteiger partial charge in [0.25, 0.3) is 0 Å². The number of aromatic carboxylic acids is 1. The Kier molecular flexibility index (Phi) is 4.46. The monoisotopic (exact) mass is 312 g/mol. The Morgan fingerprint density at radius 2 is 1.74 bits per heavy atom. The van der Waals surface area contributed by atoms with Crippen LogP contribution in [0.2, 0.25) is 0 Å². The zero-order valence-electron chi connectivity index (χ0n) is 14.6. The normalized spacial score (nSPS) is 11.4. The van der Waals surface area contributed by atoms with Gasteiger partial charge in [-0.05, 0) is 24.1 Å². The minimum absolute atomic E-state index is 0.167. The lowest BCUT2D eigenvalue weighted by atomic mass is 9.87. The molecule has 0 spiro atoms. The van der Waals surface area contributed by atoms with E-state index in [0.717, 1.165) is 22.4 Å². The Balaban J connectivity index is 2.90. The molecule has 23 heavy (non-hydrogen) atoms. The molecule has 1 heterocycles. The lowest BCUT2D eigenvalue weighted by Crippen LogP contribution is -2.21. The van der Waals surface area contributed by atoms with Gasteiger partial charge in [-0.3, -0.25) is 0 Å². The number of rotatable bonds is 3. The van der Waals surface area contributed by atoms with Gasteiger partial charge in [0.2, 0.25) is 0 Å². The summed E-state index contributed by atoms with van der Waals surface area (Å²) >= 11 is 0. The van der Waals surface area contributed by atoms with E-state index in [1.54, 1.807) is 4.90 Å². The number of carboxylic acids is 1. The summed E-state index contributed by atoms with van der Waals surface area (Å²) in [6, 6.07) is 9.76. The van der Waals surface area contributed by atoms with Crippen LogP contribution in [-0.2, 0) is 5.41 Å². The summed E-state index contributed by atoms with van der Waals surface area (Å²) in [5, 5.41) is 9.77. The third kappa shape index (κ3) is 3.36. The molecule has 122 valence electrons. The second kappa shape index (κ2) is 6.03. The fourth-order valence-corrected chi connectivity index (χ4v) is 2.54. The molecule has 4 nitrogen and oxygen atoms in total. The maximum absolute atomic E-state index is 11.9. The molecule has 0 unspecified atom stereocenters. The van der Waals surface area contributed by atoms with Crippen molar-refractivity contribution in [2.24, 2.45) is 0 Å². The quantitative estimate of drug-likeness (QED) is 0.926. The molecule has 1 aromatic heterocycles. The van der Waals surface area contributed by atoms with E-state index in [0.29, 0.717) is 5.82 Å². The lowest BCUT2D eigenvalue weighted by molar-refractivity contribution is 0.0698. The van der Waals surface area contributed by atoms with Crippen LogP contribution >= 0.6 is 0 Å². The average molecular weight is 312 g/mol. The molecule has 0 aliphatic heterocycles. The van der Waals surface area contributed by atoms with Gasteiger partial charge in [-0.1, -0.05) is 45.0 Å². The van der Waals surface area contributed by atoms with Gasteiger partial charge in [-0.2, -0.15) is 0 Å². The van der Waals surface area contributed by atoms with Gasteiger partial charge < -0.3 is 10.0 Å². The summed E-state index contributed by atoms with van der Waals surface area (Å²) in [5.74, 6) is -0.469. The van der Waals surface area contributed by atoms with Crippen molar-refractivity contribution >= 4 is 11.8 Å². The molecule has 0 aliphatic rings. The molecule has 1 aromatic carbocycles. The summed E-state index contributed by atoms with van der Waals surface area (Å²) in [5.41, 5.74) is 3.66. The summed E-state index contributed by atoms with van der Waals surface area (Å²) in [4.78, 5) is 18.3. The number of pyridine rings is 1. The molecular weight excluding hydrogens is 288 g/mol. The van der Waals surface area contributed by atoms with Crippen LogP contribution < -0.4 is 4.90 Å². The van der Waals surface area contributed by atoms with Gasteiger partial charge >= 0.3 is 5.97 Å². The molecule has 1 N–H and O–H groups in total. The number of benzene rings is 1. The van der Waals surface area contributed by atoms with Gasteiger partial charge in [-0.25, -0.2) is 9.78 Å². The highest BCUT2D eigenvalue weighted by atomic mass is 16.4. The van der Waals surface area contributed by atoms with E-state index in [-0.39, 0.29) is 11.0 Å². The number of carbonyl (C=O) groups is 1. The number of aryl methyl sites for hydroxylation is 1. The summed E-state index contributed by atoms with van der Waals surface area (Å²) < 4.78 is 0. The van der Waals surface area contributed by atoms with E-state index in [1.807, 2.05) is 51.4 Å². The SMILES string of the molecule is Cc1ccccc1-c1cc(C(C)(C)C)nc(N(C)C)c1C(=O)O. The number of carboxylic acid groups (broad SMARTS) is 1. The van der Waals surface area contributed by atoms with Crippen molar-refractivity contribution in [3.8, 4) is 11.1 Å². The molecule has 0 saturated heterocycles. The first-order valence-corrected chi connectivity index (χ1v) is 7.65. The van der Waals surface area contributed by atoms with Gasteiger partial charge in [0.15, 0.2) is 0 Å². The van der Waals surface area contributed by atoms with Crippen LogP contribution in [0.5, 0.6) is 0 Å². The highest BCUT2D eigenvalue weighted by molar-refractivity contribution is 6.01. The third-order valence-corrected chi connectivity index (χ3v) is 3.84. The maximum Gasteiger partial charge on any atom is 0.340 e. The fraction of sp³-hybridized carbons (Fsp3) is 0.368. The number of aromatic nitrogens is 1. The molecule has 0 atom stereocenters. The van der Waals surface area contributed by atoms with E-state index in [1.165, 1.54) is 0 Å². The van der Waals surface area contributed by atoms with Crippen molar-refractivity contribution in [1.29, 1.82) is 0 Å². The fourth-order valence-electron chi connectivity index (χ4n) is 2.54. The third-order valence-electron chi connectivity index (χ3n) is 3.84. The van der Waals surface area contributed by atoms with Crippen LogP contribution in [0, 0.1) is 6.92 Å². The minimum atomic E-state index is -0.958. The number of hydrogen-bond acceptors (Lipinski definition) is 3. The number of hydrogen-bond donors (Lipinski definition) is 1. The van der Waals surface area contributed by atoms with E-state index in [2.05, 4.69) is 25.8 Å². The molecule has 2 rings (SSSR count). The first-order valence-electron chi connectivity index (χ1n) is 7.65. The predicted molar refractivity (Wildman–Crippen MR) is 94.4 cm³/mol. The van der Waals surface area contributed by atoms with Crippen LogP contribution in [0.1, 0.15) is 42.4 Å². The standard InChI is InChI=1S/C19H24N2O2/c1-12-9-7-8-10-13(12)14-11-15(19(2,3)4)20-17(21(5)6)16(14)18(22)23/h7-11H,1-6H3,(H,22,23). The molecule has 4 heteroatoms. The molecule has 0 saturated carbocycles. The highest BCUT2D eigenvalue weighted by Crippen LogP contribution is 2.35. The average Bonchev–Trinajstić information content (AvgIpc) is 2.45. The van der Waals surface area contributed by atoms with Crippen molar-refractivity contribution < 1.29 is 9.90 Å². The van der Waals surface area contributed by atoms with Crippen LogP contribution in [0.4, 0.5) is 5.82 Å². The Morgan fingerprint density at radius 3 is 2.22 bits per heavy atom. The molecule has 0 amide bonds. The molecule has 0 aliphatic carbocycles. The van der Waals surface area contributed by atoms with Gasteiger partial charge in [0.1, 0.15) is 11.4 Å². The Bertz CT molecular complexity index is 744. The highest BCUT2D eigenvalue weighted by Gasteiger charge is 2.25. The summed E-state index contributed by atoms with van der Waals surface area (Å²) in [6.45, 7) is 8.23. The van der Waals surface area contributed by atoms with Crippen LogP contribution in [-0.4, -0.2) is 30.2 Å². The summed E-state index contributed by atoms with van der Waals surface area (Å²) in [7, 11) is 3.64. The van der Waals surface area contributed by atoms with Gasteiger partial charge in [0.05, 0.1) is 0 Å². The predicted octanol–water partition coefficient (Wildman–Crippen LogP) is 4.12. The lowest BCUT2D eigenvalue weighted by Gasteiger charge is -2.24. The van der Waals surface area contributed by atoms with Crippen molar-refractivity contribution in [3.05, 3.63) is 47.2 Å². The second-order valence-corrected chi connectivity index (χ2v) is 7.02. The zero-order valence-corrected chi connectivity index (χ0v) is 14.6. The second-order valence-electron chi connectivity index (χ2n) is 7.02. The first kappa shape index (κ1) is 17.0. The summed E-state index contributed by atoms with van der Waals surface area (Å²) in [6.07, 6.45) is 0. The van der Waals surface area contributed by atoms with Crippen LogP contribution in [0.15, 0.2) is 30.3 Å². The van der Waals surface area contributed by atoms with Gasteiger partial charge in [-0.15, -0.1) is 0 Å². The largest absolute Gasteiger partial charge is 0.478 e. The number of nitrogens with zero attached hydrogens (tertiary/aromatic N) is 2. The minimum Gasteiger partial charge on any atom is -0.478 e. The Hall–Kier alpha value is -2.36. The van der Waals surface area contributed by atoms with Crippen molar-refractivity contribution in [2.45, 2.75) is 33.1 Å². The molecule has 0 fully saturated rings. The van der Waals surface area contributed by atoms with E-state index >= 15 is 0 Å². The van der Waals surface area contributed by atoms with E-state index in [9.17, 15) is 9.90 Å². The van der Waals surface area contributed by atoms with Crippen molar-refractivity contribution in [2.75, 3.05) is 19.0 Å².